The van der Waals surface area contributed by atoms with Gasteiger partial charge in [0.25, 0.3) is 0 Å². The van der Waals surface area contributed by atoms with Crippen molar-refractivity contribution in [3.63, 3.8) is 0 Å². The summed E-state index contributed by atoms with van der Waals surface area (Å²) in [5.41, 5.74) is 0.851. The maximum absolute atomic E-state index is 11.0. The predicted octanol–water partition coefficient (Wildman–Crippen LogP) is 0.677. The lowest BCUT2D eigenvalue weighted by molar-refractivity contribution is -0.139. The van der Waals surface area contributed by atoms with E-state index in [1.807, 2.05) is 6.07 Å². The molecule has 0 aromatic carbocycles. The second-order valence-corrected chi connectivity index (χ2v) is 2.74. The molecule has 0 fully saturated rings. The molecule has 1 aromatic heterocycles. The first-order chi connectivity index (χ1) is 7.21. The van der Waals surface area contributed by atoms with Gasteiger partial charge >= 0.3 is 5.97 Å². The van der Waals surface area contributed by atoms with Crippen molar-refractivity contribution in [3.05, 3.63) is 23.5 Å². The number of esters is 1. The van der Waals surface area contributed by atoms with E-state index in [1.165, 1.54) is 26.5 Å². The molecule has 0 atom stereocenters. The largest absolute Gasteiger partial charge is 0.495 e. The van der Waals surface area contributed by atoms with Crippen molar-refractivity contribution in [2.45, 2.75) is 6.42 Å². The van der Waals surface area contributed by atoms with Gasteiger partial charge in [-0.25, -0.2) is 0 Å². The molecule has 0 amide bonds. The zero-order valence-electron chi connectivity index (χ0n) is 8.48. The Hall–Kier alpha value is -2.09. The van der Waals surface area contributed by atoms with Crippen molar-refractivity contribution in [3.8, 4) is 11.8 Å². The van der Waals surface area contributed by atoms with Gasteiger partial charge in [0.1, 0.15) is 11.8 Å². The maximum atomic E-state index is 11.0. The summed E-state index contributed by atoms with van der Waals surface area (Å²) in [6.07, 6.45) is 1.42. The smallest absolute Gasteiger partial charge is 0.311 e. The molecule has 0 saturated heterocycles. The van der Waals surface area contributed by atoms with Crippen LogP contribution in [-0.2, 0) is 16.0 Å². The van der Waals surface area contributed by atoms with E-state index in [-0.39, 0.29) is 6.42 Å². The molecule has 1 heterocycles. The van der Waals surface area contributed by atoms with Crippen LogP contribution in [0.1, 0.15) is 11.3 Å². The molecule has 0 spiro atoms. The molecule has 15 heavy (non-hydrogen) atoms. The molecule has 5 heteroatoms. The Morgan fingerprint density at radius 1 is 1.60 bits per heavy atom. The zero-order valence-corrected chi connectivity index (χ0v) is 8.48. The van der Waals surface area contributed by atoms with Gasteiger partial charge in [-0.3, -0.25) is 9.78 Å². The highest BCUT2D eigenvalue weighted by Gasteiger charge is 2.10. The van der Waals surface area contributed by atoms with Crippen molar-refractivity contribution in [1.82, 2.24) is 4.98 Å². The number of rotatable bonds is 3. The molecule has 5 nitrogen and oxygen atoms in total. The van der Waals surface area contributed by atoms with Crippen LogP contribution >= 0.6 is 0 Å². The molecule has 78 valence electrons. The summed E-state index contributed by atoms with van der Waals surface area (Å²) in [6.45, 7) is 0. The van der Waals surface area contributed by atoms with Gasteiger partial charge < -0.3 is 9.47 Å². The Bertz CT molecular complexity index is 410. The van der Waals surface area contributed by atoms with Crippen LogP contribution in [0.25, 0.3) is 0 Å². The summed E-state index contributed by atoms with van der Waals surface area (Å²) in [7, 11) is 2.76. The highest BCUT2D eigenvalue weighted by atomic mass is 16.5. The number of ether oxygens (including phenoxy) is 2. The molecule has 1 rings (SSSR count). The van der Waals surface area contributed by atoms with Crippen LogP contribution in [0.4, 0.5) is 0 Å². The summed E-state index contributed by atoms with van der Waals surface area (Å²) < 4.78 is 9.52. The molecular weight excluding hydrogens is 196 g/mol. The second kappa shape index (κ2) is 4.96. The third-order valence-corrected chi connectivity index (χ3v) is 1.82. The number of nitriles is 1. The summed E-state index contributed by atoms with van der Waals surface area (Å²) in [5.74, 6) is 0.0185. The van der Waals surface area contributed by atoms with Gasteiger partial charge in [-0.05, 0) is 0 Å². The quantitative estimate of drug-likeness (QED) is 0.680. The van der Waals surface area contributed by atoms with Gasteiger partial charge in [-0.1, -0.05) is 0 Å². The Kier molecular flexibility index (Phi) is 3.63. The molecule has 0 aliphatic heterocycles. The highest BCUT2D eigenvalue weighted by Crippen LogP contribution is 2.17. The molecule has 0 bridgehead atoms. The molecular formula is C10H10N2O3. The van der Waals surface area contributed by atoms with E-state index in [9.17, 15) is 4.79 Å². The van der Waals surface area contributed by atoms with Crippen LogP contribution in [0.15, 0.2) is 12.3 Å². The molecule has 0 radical (unpaired) electrons. The Morgan fingerprint density at radius 3 is 2.87 bits per heavy atom. The van der Waals surface area contributed by atoms with E-state index in [4.69, 9.17) is 10.00 Å². The number of nitrogens with zero attached hydrogens (tertiary/aromatic N) is 2. The molecule has 0 aliphatic rings. The number of methoxy groups -OCH3 is 2. The number of carbonyl (C=O) groups is 1. The number of carbonyl (C=O) groups excluding carboxylic acids is 1. The monoisotopic (exact) mass is 206 g/mol. The first kappa shape index (κ1) is 11.0. The minimum atomic E-state index is -0.398. The average molecular weight is 206 g/mol. The van der Waals surface area contributed by atoms with Crippen LogP contribution < -0.4 is 4.74 Å². The van der Waals surface area contributed by atoms with Crippen LogP contribution in [-0.4, -0.2) is 25.2 Å². The fraction of sp³-hybridized carbons (Fsp3) is 0.300. The first-order valence-electron chi connectivity index (χ1n) is 4.21. The maximum Gasteiger partial charge on any atom is 0.311 e. The van der Waals surface area contributed by atoms with Crippen LogP contribution in [0.5, 0.6) is 5.75 Å². The molecule has 1 aromatic rings. The van der Waals surface area contributed by atoms with Crippen LogP contribution in [0.2, 0.25) is 0 Å². The minimum Gasteiger partial charge on any atom is -0.495 e. The van der Waals surface area contributed by atoms with E-state index in [2.05, 4.69) is 9.72 Å². The number of pyridine rings is 1. The van der Waals surface area contributed by atoms with Crippen molar-refractivity contribution >= 4 is 5.97 Å². The van der Waals surface area contributed by atoms with Crippen molar-refractivity contribution in [1.29, 1.82) is 5.26 Å². The SMILES string of the molecule is COC(=O)Cc1ncc(C#N)cc1OC. The van der Waals surface area contributed by atoms with E-state index in [1.54, 1.807) is 0 Å². The zero-order chi connectivity index (χ0) is 11.3. The van der Waals surface area contributed by atoms with Crippen LogP contribution in [0, 0.1) is 11.3 Å². The Balaban J connectivity index is 2.98. The molecule has 0 unspecified atom stereocenters. The lowest BCUT2D eigenvalue weighted by Crippen LogP contribution is -2.07. The normalized spacial score (nSPS) is 9.13. The summed E-state index contributed by atoms with van der Waals surface area (Å²) in [5, 5.41) is 8.64. The number of aromatic nitrogens is 1. The summed E-state index contributed by atoms with van der Waals surface area (Å²) in [6, 6.07) is 3.47. The third-order valence-electron chi connectivity index (χ3n) is 1.82. The Labute approximate surface area is 87.3 Å². The number of hydrogen-bond donors (Lipinski definition) is 0. The Morgan fingerprint density at radius 2 is 2.33 bits per heavy atom. The van der Waals surface area contributed by atoms with Crippen molar-refractivity contribution in [2.24, 2.45) is 0 Å². The fourth-order valence-electron chi connectivity index (χ4n) is 1.05. The van der Waals surface area contributed by atoms with Gasteiger partial charge in [-0.15, -0.1) is 0 Å². The van der Waals surface area contributed by atoms with E-state index in [0.29, 0.717) is 17.0 Å². The standard InChI is InChI=1S/C10H10N2O3/c1-14-9-3-7(5-11)6-12-8(9)4-10(13)15-2/h3,6H,4H2,1-2H3. The van der Waals surface area contributed by atoms with Gasteiger partial charge in [0.05, 0.1) is 31.9 Å². The van der Waals surface area contributed by atoms with Crippen molar-refractivity contribution in [2.75, 3.05) is 14.2 Å². The van der Waals surface area contributed by atoms with E-state index >= 15 is 0 Å². The molecule has 0 aliphatic carbocycles. The van der Waals surface area contributed by atoms with Crippen molar-refractivity contribution < 1.29 is 14.3 Å². The van der Waals surface area contributed by atoms with Gasteiger partial charge in [-0.2, -0.15) is 5.26 Å². The van der Waals surface area contributed by atoms with E-state index in [0.717, 1.165) is 0 Å². The second-order valence-electron chi connectivity index (χ2n) is 2.74. The van der Waals surface area contributed by atoms with Crippen LogP contribution in [0.3, 0.4) is 0 Å². The van der Waals surface area contributed by atoms with Gasteiger partial charge in [0.2, 0.25) is 0 Å². The first-order valence-corrected chi connectivity index (χ1v) is 4.21. The lowest BCUT2D eigenvalue weighted by atomic mass is 10.2. The van der Waals surface area contributed by atoms with E-state index < -0.39 is 5.97 Å². The summed E-state index contributed by atoms with van der Waals surface area (Å²) in [4.78, 5) is 15.0. The average Bonchev–Trinajstić information content (AvgIpc) is 2.29. The summed E-state index contributed by atoms with van der Waals surface area (Å²) >= 11 is 0. The van der Waals surface area contributed by atoms with Gasteiger partial charge in [0.15, 0.2) is 0 Å². The molecule has 0 saturated carbocycles. The molecule has 0 N–H and O–H groups in total. The topological polar surface area (TPSA) is 72.2 Å². The highest BCUT2D eigenvalue weighted by molar-refractivity contribution is 5.72. The lowest BCUT2D eigenvalue weighted by Gasteiger charge is -2.06. The fourth-order valence-corrected chi connectivity index (χ4v) is 1.05. The third kappa shape index (κ3) is 2.68. The minimum absolute atomic E-state index is 0.0331. The number of hydrogen-bond acceptors (Lipinski definition) is 5. The van der Waals surface area contributed by atoms with Gasteiger partial charge in [0, 0.05) is 12.3 Å². The predicted molar refractivity (Wildman–Crippen MR) is 51.2 cm³/mol.